The Morgan fingerprint density at radius 1 is 0.931 bits per heavy atom. The summed E-state index contributed by atoms with van der Waals surface area (Å²) in [7, 11) is 1.57. The van der Waals surface area contributed by atoms with Gasteiger partial charge in [0.05, 0.1) is 18.4 Å². The second-order valence-corrected chi connectivity index (χ2v) is 6.76. The van der Waals surface area contributed by atoms with Crippen LogP contribution in [0.15, 0.2) is 60.7 Å². The van der Waals surface area contributed by atoms with E-state index in [9.17, 15) is 9.18 Å². The van der Waals surface area contributed by atoms with Crippen LogP contribution in [0.25, 0.3) is 11.3 Å². The van der Waals surface area contributed by atoms with Crippen LogP contribution >= 0.6 is 0 Å². The smallest absolute Gasteiger partial charge is 0.257 e. The van der Waals surface area contributed by atoms with Crippen LogP contribution in [-0.4, -0.2) is 54.3 Å². The first-order valence-electron chi connectivity index (χ1n) is 9.42. The van der Waals surface area contributed by atoms with E-state index in [1.54, 1.807) is 31.4 Å². The number of hydrogen-bond acceptors (Lipinski definition) is 5. The predicted octanol–water partition coefficient (Wildman–Crippen LogP) is 3.25. The molecule has 0 aliphatic carbocycles. The zero-order valence-electron chi connectivity index (χ0n) is 16.1. The predicted molar refractivity (Wildman–Crippen MR) is 109 cm³/mol. The van der Waals surface area contributed by atoms with Gasteiger partial charge in [0.2, 0.25) is 0 Å². The minimum atomic E-state index is -0.279. The van der Waals surface area contributed by atoms with E-state index in [1.165, 1.54) is 12.1 Å². The van der Waals surface area contributed by atoms with Gasteiger partial charge in [-0.2, -0.15) is 0 Å². The molecule has 1 amide bonds. The SMILES string of the molecule is COc1ccccc1C(=O)N1CCN(c2ccc(-c3ccc(F)cc3)nn2)CC1. The summed E-state index contributed by atoms with van der Waals surface area (Å²) in [6, 6.07) is 17.2. The lowest BCUT2D eigenvalue weighted by Gasteiger charge is -2.35. The molecule has 1 aromatic heterocycles. The summed E-state index contributed by atoms with van der Waals surface area (Å²) >= 11 is 0. The lowest BCUT2D eigenvalue weighted by Crippen LogP contribution is -2.49. The molecule has 1 aliphatic rings. The molecule has 0 spiro atoms. The van der Waals surface area contributed by atoms with Crippen molar-refractivity contribution in [3.8, 4) is 17.0 Å². The zero-order chi connectivity index (χ0) is 20.2. The lowest BCUT2D eigenvalue weighted by atomic mass is 10.1. The molecule has 0 bridgehead atoms. The van der Waals surface area contributed by atoms with Crippen molar-refractivity contribution in [3.05, 3.63) is 72.0 Å². The third kappa shape index (κ3) is 4.03. The van der Waals surface area contributed by atoms with Crippen molar-refractivity contribution >= 4 is 11.7 Å². The minimum Gasteiger partial charge on any atom is -0.496 e. The van der Waals surface area contributed by atoms with Gasteiger partial charge in [0.15, 0.2) is 5.82 Å². The normalized spacial score (nSPS) is 14.0. The Kier molecular flexibility index (Phi) is 5.37. The molecule has 0 radical (unpaired) electrons. The number of aromatic nitrogens is 2. The average Bonchev–Trinajstić information content (AvgIpc) is 2.79. The van der Waals surface area contributed by atoms with Gasteiger partial charge >= 0.3 is 0 Å². The molecule has 6 nitrogen and oxygen atoms in total. The molecule has 0 atom stereocenters. The van der Waals surface area contributed by atoms with E-state index < -0.39 is 0 Å². The number of halogens is 1. The minimum absolute atomic E-state index is 0.0279. The molecule has 4 rings (SSSR count). The van der Waals surface area contributed by atoms with Crippen LogP contribution in [0.4, 0.5) is 10.2 Å². The van der Waals surface area contributed by atoms with Gasteiger partial charge in [0.1, 0.15) is 11.6 Å². The van der Waals surface area contributed by atoms with Crippen LogP contribution in [0.3, 0.4) is 0 Å². The van der Waals surface area contributed by atoms with Crippen molar-refractivity contribution in [2.24, 2.45) is 0 Å². The number of carbonyl (C=O) groups is 1. The Bertz CT molecular complexity index is 984. The van der Waals surface area contributed by atoms with Gasteiger partial charge in [0, 0.05) is 31.7 Å². The fourth-order valence-corrected chi connectivity index (χ4v) is 3.40. The second kappa shape index (κ2) is 8.26. The summed E-state index contributed by atoms with van der Waals surface area (Å²) < 4.78 is 18.4. The summed E-state index contributed by atoms with van der Waals surface area (Å²) in [5, 5.41) is 8.58. The highest BCUT2D eigenvalue weighted by molar-refractivity contribution is 5.97. The Labute approximate surface area is 168 Å². The van der Waals surface area contributed by atoms with Gasteiger partial charge in [-0.15, -0.1) is 10.2 Å². The molecule has 2 aromatic carbocycles. The summed E-state index contributed by atoms with van der Waals surface area (Å²) in [6.07, 6.45) is 0. The van der Waals surface area contributed by atoms with Crippen LogP contribution in [0, 0.1) is 5.82 Å². The molecule has 0 saturated carbocycles. The molecule has 29 heavy (non-hydrogen) atoms. The van der Waals surface area contributed by atoms with Gasteiger partial charge in [-0.05, 0) is 48.5 Å². The van der Waals surface area contributed by atoms with E-state index in [0.717, 1.165) is 11.4 Å². The van der Waals surface area contributed by atoms with Gasteiger partial charge in [-0.1, -0.05) is 12.1 Å². The Hall–Kier alpha value is -3.48. The number of para-hydroxylation sites is 1. The van der Waals surface area contributed by atoms with Crippen LogP contribution < -0.4 is 9.64 Å². The average molecular weight is 392 g/mol. The number of anilines is 1. The van der Waals surface area contributed by atoms with E-state index in [0.29, 0.717) is 43.2 Å². The first-order valence-corrected chi connectivity index (χ1v) is 9.42. The molecular formula is C22H21FN4O2. The first kappa shape index (κ1) is 18.9. The summed E-state index contributed by atoms with van der Waals surface area (Å²) in [4.78, 5) is 16.8. The fourth-order valence-electron chi connectivity index (χ4n) is 3.40. The van der Waals surface area contributed by atoms with Crippen molar-refractivity contribution < 1.29 is 13.9 Å². The topological polar surface area (TPSA) is 58.6 Å². The Morgan fingerprint density at radius 3 is 2.31 bits per heavy atom. The number of benzene rings is 2. The summed E-state index contributed by atoms with van der Waals surface area (Å²) in [5.74, 6) is 1.04. The maximum atomic E-state index is 13.1. The molecule has 7 heteroatoms. The van der Waals surface area contributed by atoms with Gasteiger partial charge < -0.3 is 14.5 Å². The van der Waals surface area contributed by atoms with Crippen LogP contribution in [0.2, 0.25) is 0 Å². The third-order valence-electron chi connectivity index (χ3n) is 5.02. The van der Waals surface area contributed by atoms with Crippen molar-refractivity contribution in [1.82, 2.24) is 15.1 Å². The van der Waals surface area contributed by atoms with Gasteiger partial charge in [-0.3, -0.25) is 4.79 Å². The van der Waals surface area contributed by atoms with E-state index >= 15 is 0 Å². The number of piperazine rings is 1. The second-order valence-electron chi connectivity index (χ2n) is 6.76. The Morgan fingerprint density at radius 2 is 1.66 bits per heavy atom. The highest BCUT2D eigenvalue weighted by atomic mass is 19.1. The lowest BCUT2D eigenvalue weighted by molar-refractivity contribution is 0.0743. The van der Waals surface area contributed by atoms with Crippen molar-refractivity contribution in [2.45, 2.75) is 0 Å². The third-order valence-corrected chi connectivity index (χ3v) is 5.02. The van der Waals surface area contributed by atoms with Crippen molar-refractivity contribution in [2.75, 3.05) is 38.2 Å². The van der Waals surface area contributed by atoms with Crippen LogP contribution in [0.1, 0.15) is 10.4 Å². The van der Waals surface area contributed by atoms with E-state index in [2.05, 4.69) is 15.1 Å². The zero-order valence-corrected chi connectivity index (χ0v) is 16.1. The van der Waals surface area contributed by atoms with Crippen molar-refractivity contribution in [3.63, 3.8) is 0 Å². The largest absolute Gasteiger partial charge is 0.496 e. The molecule has 0 N–H and O–H groups in total. The van der Waals surface area contributed by atoms with E-state index in [-0.39, 0.29) is 11.7 Å². The monoisotopic (exact) mass is 392 g/mol. The van der Waals surface area contributed by atoms with Crippen LogP contribution in [0.5, 0.6) is 5.75 Å². The number of methoxy groups -OCH3 is 1. The number of rotatable bonds is 4. The summed E-state index contributed by atoms with van der Waals surface area (Å²) in [5.41, 5.74) is 2.09. The highest BCUT2D eigenvalue weighted by Crippen LogP contribution is 2.22. The highest BCUT2D eigenvalue weighted by Gasteiger charge is 2.24. The van der Waals surface area contributed by atoms with Crippen LogP contribution in [-0.2, 0) is 0 Å². The number of nitrogens with zero attached hydrogens (tertiary/aromatic N) is 4. The van der Waals surface area contributed by atoms with Gasteiger partial charge in [0.25, 0.3) is 5.91 Å². The van der Waals surface area contributed by atoms with Crippen molar-refractivity contribution in [1.29, 1.82) is 0 Å². The molecule has 3 aromatic rings. The number of ether oxygens (including phenoxy) is 1. The maximum Gasteiger partial charge on any atom is 0.257 e. The fraction of sp³-hybridized carbons (Fsp3) is 0.227. The number of carbonyl (C=O) groups excluding carboxylic acids is 1. The Balaban J connectivity index is 1.40. The maximum absolute atomic E-state index is 13.1. The number of hydrogen-bond donors (Lipinski definition) is 0. The molecule has 0 unspecified atom stereocenters. The first-order chi connectivity index (χ1) is 14.2. The molecule has 148 valence electrons. The summed E-state index contributed by atoms with van der Waals surface area (Å²) in [6.45, 7) is 2.54. The quantitative estimate of drug-likeness (QED) is 0.682. The number of amides is 1. The van der Waals surface area contributed by atoms with E-state index in [1.807, 2.05) is 29.2 Å². The molecule has 1 saturated heterocycles. The molecule has 1 aliphatic heterocycles. The standard InChI is InChI=1S/C22H21FN4O2/c1-29-20-5-3-2-4-18(20)22(28)27-14-12-26(13-15-27)21-11-10-19(24-25-21)16-6-8-17(23)9-7-16/h2-11H,12-15H2,1H3. The molecule has 1 fully saturated rings. The van der Waals surface area contributed by atoms with E-state index in [4.69, 9.17) is 4.74 Å². The molecule has 2 heterocycles. The molecular weight excluding hydrogens is 371 g/mol. The van der Waals surface area contributed by atoms with Gasteiger partial charge in [-0.25, -0.2) is 4.39 Å².